The molecule has 0 radical (unpaired) electrons. The normalized spacial score (nSPS) is 29.3. The lowest BCUT2D eigenvalue weighted by Crippen LogP contribution is -2.44. The largest absolute Gasteiger partial charge is 0.271 e. The third-order valence-corrected chi connectivity index (χ3v) is 4.03. The lowest BCUT2D eigenvalue weighted by molar-refractivity contribution is -0.123. The molecule has 1 aromatic rings. The Balaban J connectivity index is 1.56. The van der Waals surface area contributed by atoms with Gasteiger partial charge in [0.05, 0.1) is 6.21 Å². The Hall–Kier alpha value is -1.79. The van der Waals surface area contributed by atoms with Crippen LogP contribution in [0.3, 0.4) is 0 Å². The molecule has 3 unspecified atom stereocenters. The number of hydrazone groups is 1. The number of nitrogens with zero attached hydrogens (tertiary/aromatic N) is 2. The molecule has 3 rings (SSSR count). The third kappa shape index (κ3) is 2.86. The average Bonchev–Trinajstić information content (AvgIpc) is 2.92. The fourth-order valence-electron chi connectivity index (χ4n) is 2.99. The number of hydrogen-bond donors (Lipinski definition) is 3. The minimum atomic E-state index is -0.189. The molecule has 6 heteroatoms. The molecular weight excluding hydrogens is 254 g/mol. The smallest absolute Gasteiger partial charge is 0.258 e. The van der Waals surface area contributed by atoms with Crippen LogP contribution < -0.4 is 16.3 Å². The number of hydrazine groups is 1. The van der Waals surface area contributed by atoms with Crippen molar-refractivity contribution in [2.24, 2.45) is 11.0 Å². The van der Waals surface area contributed by atoms with Crippen molar-refractivity contribution in [2.75, 3.05) is 0 Å². The fraction of sp³-hybridized carbons (Fsp3) is 0.500. The molecule has 1 saturated heterocycles. The van der Waals surface area contributed by atoms with Gasteiger partial charge in [-0.1, -0.05) is 18.9 Å². The van der Waals surface area contributed by atoms with Crippen molar-refractivity contribution in [1.29, 1.82) is 0 Å². The molecule has 1 aromatic heterocycles. The first-order valence-electron chi connectivity index (χ1n) is 7.08. The topological polar surface area (TPSA) is 78.4 Å². The monoisotopic (exact) mass is 273 g/mol. The lowest BCUT2D eigenvalue weighted by atomic mass is 9.81. The number of pyridine rings is 1. The van der Waals surface area contributed by atoms with Crippen molar-refractivity contribution in [3.63, 3.8) is 0 Å². The van der Waals surface area contributed by atoms with Crippen LogP contribution in [0.4, 0.5) is 0 Å². The Bertz CT molecular complexity index is 490. The number of carbonyl (C=O) groups is 1. The van der Waals surface area contributed by atoms with E-state index in [0.717, 1.165) is 18.4 Å². The second-order valence-electron chi connectivity index (χ2n) is 5.34. The zero-order chi connectivity index (χ0) is 13.8. The van der Waals surface area contributed by atoms with Gasteiger partial charge in [-0.2, -0.15) is 5.10 Å². The highest BCUT2D eigenvalue weighted by Crippen LogP contribution is 2.29. The Morgan fingerprint density at radius 2 is 2.30 bits per heavy atom. The van der Waals surface area contributed by atoms with Gasteiger partial charge < -0.3 is 0 Å². The van der Waals surface area contributed by atoms with Crippen molar-refractivity contribution in [3.8, 4) is 0 Å². The molecule has 1 aliphatic carbocycles. The summed E-state index contributed by atoms with van der Waals surface area (Å²) in [5.41, 5.74) is 9.79. The first-order chi connectivity index (χ1) is 9.84. The number of nitrogens with one attached hydrogen (secondary N) is 3. The van der Waals surface area contributed by atoms with E-state index in [4.69, 9.17) is 0 Å². The van der Waals surface area contributed by atoms with Crippen LogP contribution in [-0.2, 0) is 4.79 Å². The molecule has 0 aromatic carbocycles. The van der Waals surface area contributed by atoms with Gasteiger partial charge in [-0.05, 0) is 18.9 Å². The van der Waals surface area contributed by atoms with E-state index >= 15 is 0 Å². The summed E-state index contributed by atoms with van der Waals surface area (Å²) in [4.78, 5) is 16.1. The van der Waals surface area contributed by atoms with Crippen molar-refractivity contribution >= 4 is 12.1 Å². The van der Waals surface area contributed by atoms with E-state index in [0.29, 0.717) is 12.0 Å². The molecule has 20 heavy (non-hydrogen) atoms. The van der Waals surface area contributed by atoms with Crippen LogP contribution in [-0.4, -0.2) is 29.2 Å². The van der Waals surface area contributed by atoms with Crippen molar-refractivity contribution < 1.29 is 4.79 Å². The van der Waals surface area contributed by atoms with E-state index in [1.807, 2.05) is 12.1 Å². The zero-order valence-corrected chi connectivity index (χ0v) is 11.2. The summed E-state index contributed by atoms with van der Waals surface area (Å²) < 4.78 is 0. The van der Waals surface area contributed by atoms with Gasteiger partial charge in [0.15, 0.2) is 0 Å². The van der Waals surface area contributed by atoms with E-state index < -0.39 is 0 Å². The minimum Gasteiger partial charge on any atom is -0.271 e. The lowest BCUT2D eigenvalue weighted by Gasteiger charge is -2.26. The van der Waals surface area contributed by atoms with Crippen LogP contribution in [0.5, 0.6) is 0 Å². The summed E-state index contributed by atoms with van der Waals surface area (Å²) in [6, 6.07) is 3.95. The highest BCUT2D eigenvalue weighted by atomic mass is 16.2. The van der Waals surface area contributed by atoms with Crippen LogP contribution in [0.1, 0.15) is 31.2 Å². The third-order valence-electron chi connectivity index (χ3n) is 4.03. The van der Waals surface area contributed by atoms with Crippen LogP contribution in [0.2, 0.25) is 0 Å². The minimum absolute atomic E-state index is 0.0768. The number of amides is 1. The molecule has 0 spiro atoms. The van der Waals surface area contributed by atoms with Gasteiger partial charge in [0, 0.05) is 29.9 Å². The molecule has 2 fully saturated rings. The van der Waals surface area contributed by atoms with Crippen molar-refractivity contribution in [1.82, 2.24) is 21.3 Å². The molecule has 1 amide bonds. The maximum Gasteiger partial charge on any atom is 0.258 e. The van der Waals surface area contributed by atoms with E-state index in [-0.39, 0.29) is 11.9 Å². The zero-order valence-electron chi connectivity index (χ0n) is 11.2. The predicted molar refractivity (Wildman–Crippen MR) is 75.8 cm³/mol. The molecule has 2 aliphatic rings. The molecule has 106 valence electrons. The fourth-order valence-corrected chi connectivity index (χ4v) is 2.99. The van der Waals surface area contributed by atoms with Crippen molar-refractivity contribution in [3.05, 3.63) is 30.1 Å². The van der Waals surface area contributed by atoms with Crippen LogP contribution in [0.15, 0.2) is 29.6 Å². The summed E-state index contributed by atoms with van der Waals surface area (Å²) in [5.74, 6) is 0.296. The molecule has 1 saturated carbocycles. The highest BCUT2D eigenvalue weighted by molar-refractivity contribution is 5.85. The summed E-state index contributed by atoms with van der Waals surface area (Å²) in [6.45, 7) is 0. The Morgan fingerprint density at radius 1 is 1.40 bits per heavy atom. The maximum atomic E-state index is 12.1. The standard InChI is InChI=1S/C14H19N5O/c20-14(19-16-9-10-4-3-7-15-8-10)13-11-5-1-2-6-12(11)17-18-13/h3-4,7-9,11-13,17-18H,1-2,5-6H2,(H,19,20)/b16-9+. The summed E-state index contributed by atoms with van der Waals surface area (Å²) >= 11 is 0. The predicted octanol–water partition coefficient (Wildman–Crippen LogP) is 0.567. The SMILES string of the molecule is O=C(N/N=C/c1cccnc1)C1NNC2CCCCC21. The van der Waals surface area contributed by atoms with Gasteiger partial charge in [0.1, 0.15) is 6.04 Å². The Kier molecular flexibility index (Phi) is 4.03. The molecule has 6 nitrogen and oxygen atoms in total. The maximum absolute atomic E-state index is 12.1. The first kappa shape index (κ1) is 13.2. The quantitative estimate of drug-likeness (QED) is 0.555. The molecule has 3 N–H and O–H groups in total. The highest BCUT2D eigenvalue weighted by Gasteiger charge is 2.40. The Labute approximate surface area is 118 Å². The summed E-state index contributed by atoms with van der Waals surface area (Å²) in [6.07, 6.45) is 9.67. The molecular formula is C14H19N5O. The van der Waals surface area contributed by atoms with Gasteiger partial charge in [-0.15, -0.1) is 0 Å². The van der Waals surface area contributed by atoms with Crippen molar-refractivity contribution in [2.45, 2.75) is 37.8 Å². The van der Waals surface area contributed by atoms with Gasteiger partial charge in [0.2, 0.25) is 0 Å². The van der Waals surface area contributed by atoms with Gasteiger partial charge in [-0.25, -0.2) is 10.9 Å². The second kappa shape index (κ2) is 6.11. The molecule has 1 aliphatic heterocycles. The average molecular weight is 273 g/mol. The van der Waals surface area contributed by atoms with E-state index in [2.05, 4.69) is 26.4 Å². The van der Waals surface area contributed by atoms with Crippen LogP contribution in [0.25, 0.3) is 0 Å². The number of fused-ring (bicyclic) bond motifs is 1. The summed E-state index contributed by atoms with van der Waals surface area (Å²) in [7, 11) is 0. The van der Waals surface area contributed by atoms with Gasteiger partial charge >= 0.3 is 0 Å². The van der Waals surface area contributed by atoms with Crippen LogP contribution in [0, 0.1) is 5.92 Å². The van der Waals surface area contributed by atoms with Gasteiger partial charge in [-0.3, -0.25) is 15.2 Å². The molecule has 2 heterocycles. The second-order valence-corrected chi connectivity index (χ2v) is 5.34. The number of carbonyl (C=O) groups excluding carboxylic acids is 1. The van der Waals surface area contributed by atoms with E-state index in [1.54, 1.807) is 18.6 Å². The number of aromatic nitrogens is 1. The number of rotatable bonds is 3. The molecule has 0 bridgehead atoms. The van der Waals surface area contributed by atoms with E-state index in [9.17, 15) is 4.79 Å². The number of hydrogen-bond acceptors (Lipinski definition) is 5. The van der Waals surface area contributed by atoms with Gasteiger partial charge in [0.25, 0.3) is 5.91 Å². The first-order valence-corrected chi connectivity index (χ1v) is 7.08. The van der Waals surface area contributed by atoms with E-state index in [1.165, 1.54) is 12.8 Å². The molecule has 3 atom stereocenters. The Morgan fingerprint density at radius 3 is 3.15 bits per heavy atom. The summed E-state index contributed by atoms with van der Waals surface area (Å²) in [5, 5.41) is 3.99. The van der Waals surface area contributed by atoms with Crippen LogP contribution >= 0.6 is 0 Å².